The number of rotatable bonds is 7. The minimum atomic E-state index is -4.75. The molecular formula is C16H16F3N3O3S. The first kappa shape index (κ1) is 19.7. The van der Waals surface area contributed by atoms with E-state index in [0.29, 0.717) is 23.0 Å². The Morgan fingerprint density at radius 1 is 1.42 bits per heavy atom. The van der Waals surface area contributed by atoms with Crippen LogP contribution < -0.4 is 10.2 Å². The number of aromatic nitrogens is 1. The van der Waals surface area contributed by atoms with Crippen LogP contribution in [-0.4, -0.2) is 30.1 Å². The van der Waals surface area contributed by atoms with Gasteiger partial charge in [0, 0.05) is 10.9 Å². The third-order valence-corrected chi connectivity index (χ3v) is 3.83. The number of benzene rings is 1. The lowest BCUT2D eigenvalue weighted by Crippen LogP contribution is -2.17. The first-order valence-electron chi connectivity index (χ1n) is 7.52. The van der Waals surface area contributed by atoms with Gasteiger partial charge < -0.3 is 9.47 Å². The summed E-state index contributed by atoms with van der Waals surface area (Å²) in [7, 11) is 0. The van der Waals surface area contributed by atoms with E-state index >= 15 is 0 Å². The van der Waals surface area contributed by atoms with E-state index in [9.17, 15) is 18.0 Å². The lowest BCUT2D eigenvalue weighted by atomic mass is 10.1. The van der Waals surface area contributed by atoms with E-state index in [1.165, 1.54) is 35.8 Å². The molecule has 0 aliphatic carbocycles. The van der Waals surface area contributed by atoms with Gasteiger partial charge in [0.2, 0.25) is 5.13 Å². The van der Waals surface area contributed by atoms with E-state index in [1.807, 2.05) is 0 Å². The minimum absolute atomic E-state index is 0.0612. The molecule has 2 rings (SSSR count). The van der Waals surface area contributed by atoms with Crippen LogP contribution in [0.3, 0.4) is 0 Å². The van der Waals surface area contributed by atoms with Crippen molar-refractivity contribution in [3.8, 4) is 5.75 Å². The zero-order valence-corrected chi connectivity index (χ0v) is 14.8. The summed E-state index contributed by atoms with van der Waals surface area (Å²) in [4.78, 5) is 15.6. The highest BCUT2D eigenvalue weighted by molar-refractivity contribution is 7.13. The van der Waals surface area contributed by atoms with E-state index in [0.717, 1.165) is 5.56 Å². The van der Waals surface area contributed by atoms with Crippen molar-refractivity contribution in [2.45, 2.75) is 26.6 Å². The van der Waals surface area contributed by atoms with Crippen LogP contribution in [0.2, 0.25) is 0 Å². The highest BCUT2D eigenvalue weighted by atomic mass is 32.1. The van der Waals surface area contributed by atoms with Gasteiger partial charge in [-0.2, -0.15) is 5.10 Å². The summed E-state index contributed by atoms with van der Waals surface area (Å²) in [6.07, 6.45) is -3.32. The molecule has 0 atom stereocenters. The number of aryl methyl sites for hydroxylation is 1. The Morgan fingerprint density at radius 3 is 2.88 bits per heavy atom. The number of alkyl halides is 3. The molecule has 1 heterocycles. The van der Waals surface area contributed by atoms with Crippen LogP contribution in [0.4, 0.5) is 18.3 Å². The van der Waals surface area contributed by atoms with Crippen molar-refractivity contribution >= 4 is 28.7 Å². The van der Waals surface area contributed by atoms with Crippen LogP contribution in [0.25, 0.3) is 0 Å². The van der Waals surface area contributed by atoms with Gasteiger partial charge in [0.05, 0.1) is 24.9 Å². The van der Waals surface area contributed by atoms with Crippen molar-refractivity contribution in [3.05, 3.63) is 40.4 Å². The van der Waals surface area contributed by atoms with Crippen LogP contribution in [0.5, 0.6) is 5.75 Å². The predicted molar refractivity (Wildman–Crippen MR) is 91.5 cm³/mol. The molecule has 2 aromatic rings. The van der Waals surface area contributed by atoms with Crippen LogP contribution in [0.1, 0.15) is 23.7 Å². The van der Waals surface area contributed by atoms with E-state index in [-0.39, 0.29) is 18.1 Å². The maximum absolute atomic E-state index is 12.3. The molecule has 1 aromatic heterocycles. The number of carbonyl (C=O) groups excluding carboxylic acids is 1. The van der Waals surface area contributed by atoms with Crippen LogP contribution in [-0.2, 0) is 16.0 Å². The van der Waals surface area contributed by atoms with Crippen molar-refractivity contribution in [3.63, 3.8) is 0 Å². The molecule has 1 aromatic carbocycles. The average Bonchev–Trinajstić information content (AvgIpc) is 2.96. The number of thiazole rings is 1. The minimum Gasteiger partial charge on any atom is -0.466 e. The number of halogens is 3. The monoisotopic (exact) mass is 387 g/mol. The number of carbonyl (C=O) groups is 1. The van der Waals surface area contributed by atoms with Gasteiger partial charge in [0.1, 0.15) is 5.75 Å². The second kappa shape index (κ2) is 8.65. The molecule has 0 amide bonds. The standard InChI is InChI=1S/C16H16F3N3O3S/c1-3-24-14(23)7-12-9-26-15(21-12)22-20-8-11-6-13(5-4-10(11)2)25-16(17,18)19/h4-6,8-9H,3,7H2,1-2H3,(H,21,22). The third kappa shape index (κ3) is 6.36. The van der Waals surface area contributed by atoms with Crippen molar-refractivity contribution in [2.75, 3.05) is 12.0 Å². The summed E-state index contributed by atoms with van der Waals surface area (Å²) < 4.78 is 45.6. The summed E-state index contributed by atoms with van der Waals surface area (Å²) in [5.41, 5.74) is 4.41. The Labute approximate surface area is 151 Å². The Morgan fingerprint density at radius 2 is 2.19 bits per heavy atom. The molecule has 0 unspecified atom stereocenters. The van der Waals surface area contributed by atoms with Gasteiger partial charge in [-0.3, -0.25) is 10.2 Å². The van der Waals surface area contributed by atoms with Crippen LogP contribution in [0.15, 0.2) is 28.7 Å². The molecule has 0 spiro atoms. The molecule has 0 saturated heterocycles. The molecular weight excluding hydrogens is 371 g/mol. The lowest BCUT2D eigenvalue weighted by molar-refractivity contribution is -0.274. The van der Waals surface area contributed by atoms with Gasteiger partial charge in [0.15, 0.2) is 0 Å². The molecule has 0 aliphatic rings. The average molecular weight is 387 g/mol. The summed E-state index contributed by atoms with van der Waals surface area (Å²) in [5, 5.41) is 6.10. The van der Waals surface area contributed by atoms with Crippen molar-refractivity contribution in [1.82, 2.24) is 4.98 Å². The van der Waals surface area contributed by atoms with Gasteiger partial charge >= 0.3 is 12.3 Å². The van der Waals surface area contributed by atoms with Crippen LogP contribution in [0, 0.1) is 6.92 Å². The van der Waals surface area contributed by atoms with Crippen LogP contribution >= 0.6 is 11.3 Å². The summed E-state index contributed by atoms with van der Waals surface area (Å²) >= 11 is 1.24. The van der Waals surface area contributed by atoms with Gasteiger partial charge in [-0.05, 0) is 31.5 Å². The Bertz CT molecular complexity index is 791. The smallest absolute Gasteiger partial charge is 0.466 e. The highest BCUT2D eigenvalue weighted by Crippen LogP contribution is 2.24. The zero-order chi connectivity index (χ0) is 19.2. The molecule has 1 N–H and O–H groups in total. The largest absolute Gasteiger partial charge is 0.573 e. The molecule has 0 saturated carbocycles. The lowest BCUT2D eigenvalue weighted by Gasteiger charge is -2.10. The molecule has 0 aliphatic heterocycles. The number of hydrazone groups is 1. The van der Waals surface area contributed by atoms with Gasteiger partial charge in [-0.1, -0.05) is 6.07 Å². The summed E-state index contributed by atoms with van der Waals surface area (Å²) in [6, 6.07) is 3.97. The fraction of sp³-hybridized carbons (Fsp3) is 0.312. The van der Waals surface area contributed by atoms with Crippen molar-refractivity contribution < 1.29 is 27.4 Å². The number of ether oxygens (including phenoxy) is 2. The van der Waals surface area contributed by atoms with E-state index < -0.39 is 6.36 Å². The fourth-order valence-corrected chi connectivity index (χ4v) is 2.57. The normalized spacial score (nSPS) is 11.6. The van der Waals surface area contributed by atoms with E-state index in [1.54, 1.807) is 19.2 Å². The molecule has 26 heavy (non-hydrogen) atoms. The SMILES string of the molecule is CCOC(=O)Cc1csc(NN=Cc2cc(OC(F)(F)F)ccc2C)n1. The molecule has 10 heteroatoms. The quantitative estimate of drug-likeness (QED) is 0.443. The van der Waals surface area contributed by atoms with Crippen molar-refractivity contribution in [1.29, 1.82) is 0 Å². The number of hydrogen-bond donors (Lipinski definition) is 1. The predicted octanol–water partition coefficient (Wildman–Crippen LogP) is 3.90. The number of hydrogen-bond acceptors (Lipinski definition) is 7. The zero-order valence-electron chi connectivity index (χ0n) is 14.0. The molecule has 0 radical (unpaired) electrons. The van der Waals surface area contributed by atoms with E-state index in [4.69, 9.17) is 4.74 Å². The molecule has 140 valence electrons. The number of nitrogens with zero attached hydrogens (tertiary/aromatic N) is 2. The maximum Gasteiger partial charge on any atom is 0.573 e. The topological polar surface area (TPSA) is 72.8 Å². The fourth-order valence-electron chi connectivity index (χ4n) is 1.91. The first-order valence-corrected chi connectivity index (χ1v) is 8.40. The second-order valence-corrected chi connectivity index (χ2v) is 5.92. The third-order valence-electron chi connectivity index (χ3n) is 3.03. The Hall–Kier alpha value is -2.62. The second-order valence-electron chi connectivity index (χ2n) is 5.06. The maximum atomic E-state index is 12.3. The number of esters is 1. The van der Waals surface area contributed by atoms with Gasteiger partial charge in [-0.15, -0.1) is 24.5 Å². The highest BCUT2D eigenvalue weighted by Gasteiger charge is 2.31. The van der Waals surface area contributed by atoms with Crippen molar-refractivity contribution in [2.24, 2.45) is 5.10 Å². The van der Waals surface area contributed by atoms with Gasteiger partial charge in [0.25, 0.3) is 0 Å². The van der Waals surface area contributed by atoms with E-state index in [2.05, 4.69) is 20.2 Å². The molecule has 6 nitrogen and oxygen atoms in total. The molecule has 0 fully saturated rings. The first-order chi connectivity index (χ1) is 12.3. The Balaban J connectivity index is 1.99. The van der Waals surface area contributed by atoms with Gasteiger partial charge in [-0.25, -0.2) is 4.98 Å². The Kier molecular flexibility index (Phi) is 6.56. The molecule has 0 bridgehead atoms. The number of nitrogens with one attached hydrogen (secondary N) is 1. The number of anilines is 1. The summed E-state index contributed by atoms with van der Waals surface area (Å²) in [5.74, 6) is -0.694. The summed E-state index contributed by atoms with van der Waals surface area (Å²) in [6.45, 7) is 3.76.